The van der Waals surface area contributed by atoms with Gasteiger partial charge in [-0.15, -0.1) is 11.3 Å². The Morgan fingerprint density at radius 3 is 2.71 bits per heavy atom. The highest BCUT2D eigenvalue weighted by atomic mass is 35.5. The van der Waals surface area contributed by atoms with Crippen LogP contribution in [0.2, 0.25) is 5.02 Å². The Balaban J connectivity index is 1.48. The van der Waals surface area contributed by atoms with Crippen molar-refractivity contribution in [2.45, 2.75) is 19.5 Å². The molecule has 0 N–H and O–H groups in total. The minimum absolute atomic E-state index is 0.0479. The number of thiophene rings is 1. The normalized spacial score (nSPS) is 15.3. The third-order valence-corrected chi connectivity index (χ3v) is 7.15. The Kier molecular flexibility index (Phi) is 6.23. The SMILES string of the molecule is Cc1nc(-c2ccsc2)sc1C(=O)N1CCCN(c2ncc(C(F)(F)F)cc2Cl)CC1. The summed E-state index contributed by atoms with van der Waals surface area (Å²) in [5.74, 6) is 0.225. The second-order valence-corrected chi connectivity index (χ2v) is 9.29. The maximum Gasteiger partial charge on any atom is 0.417 e. The number of nitrogens with zero attached hydrogens (tertiary/aromatic N) is 4. The Hall–Kier alpha value is -2.17. The monoisotopic (exact) mass is 486 g/mol. The fourth-order valence-corrected chi connectivity index (χ4v) is 5.43. The van der Waals surface area contributed by atoms with E-state index in [1.165, 1.54) is 11.3 Å². The van der Waals surface area contributed by atoms with Gasteiger partial charge in [0.1, 0.15) is 15.7 Å². The van der Waals surface area contributed by atoms with Crippen molar-refractivity contribution in [1.82, 2.24) is 14.9 Å². The van der Waals surface area contributed by atoms with Crippen LogP contribution in [0.4, 0.5) is 19.0 Å². The molecule has 0 aliphatic carbocycles. The molecule has 1 aliphatic heterocycles. The largest absolute Gasteiger partial charge is 0.417 e. The third kappa shape index (κ3) is 4.70. The molecular formula is C20H18ClF3N4OS2. The van der Waals surface area contributed by atoms with Gasteiger partial charge in [0.2, 0.25) is 0 Å². The molecule has 1 fully saturated rings. The molecule has 3 aromatic rings. The molecule has 164 valence electrons. The van der Waals surface area contributed by atoms with Crippen molar-refractivity contribution in [3.05, 3.63) is 50.2 Å². The van der Waals surface area contributed by atoms with E-state index in [4.69, 9.17) is 11.6 Å². The molecule has 1 aliphatic rings. The molecule has 0 unspecified atom stereocenters. The molecule has 4 heterocycles. The second-order valence-electron chi connectivity index (χ2n) is 7.11. The molecule has 31 heavy (non-hydrogen) atoms. The number of aromatic nitrogens is 2. The number of amides is 1. The number of aryl methyl sites for hydroxylation is 1. The Morgan fingerprint density at radius 1 is 1.23 bits per heavy atom. The molecule has 4 rings (SSSR count). The zero-order valence-electron chi connectivity index (χ0n) is 16.4. The maximum absolute atomic E-state index is 13.1. The van der Waals surface area contributed by atoms with E-state index in [1.807, 2.05) is 28.7 Å². The van der Waals surface area contributed by atoms with Gasteiger partial charge >= 0.3 is 6.18 Å². The van der Waals surface area contributed by atoms with Gasteiger partial charge in [-0.2, -0.15) is 24.5 Å². The summed E-state index contributed by atoms with van der Waals surface area (Å²) < 4.78 is 38.6. The predicted octanol–water partition coefficient (Wildman–Crippen LogP) is 5.60. The van der Waals surface area contributed by atoms with E-state index in [0.717, 1.165) is 22.8 Å². The topological polar surface area (TPSA) is 49.3 Å². The van der Waals surface area contributed by atoms with Crippen LogP contribution < -0.4 is 4.90 Å². The van der Waals surface area contributed by atoms with Crippen molar-refractivity contribution >= 4 is 46.0 Å². The average Bonchev–Trinajstić information content (AvgIpc) is 3.31. The van der Waals surface area contributed by atoms with Gasteiger partial charge in [-0.1, -0.05) is 11.6 Å². The first-order chi connectivity index (χ1) is 14.7. The first-order valence-corrected chi connectivity index (χ1v) is 11.6. The van der Waals surface area contributed by atoms with E-state index < -0.39 is 11.7 Å². The lowest BCUT2D eigenvalue weighted by atomic mass is 10.2. The number of carbonyl (C=O) groups is 1. The fraction of sp³-hybridized carbons (Fsp3) is 0.350. The van der Waals surface area contributed by atoms with Crippen LogP contribution >= 0.6 is 34.3 Å². The van der Waals surface area contributed by atoms with Crippen LogP contribution in [-0.4, -0.2) is 47.0 Å². The van der Waals surface area contributed by atoms with Gasteiger partial charge in [-0.3, -0.25) is 4.79 Å². The Morgan fingerprint density at radius 2 is 2.03 bits per heavy atom. The van der Waals surface area contributed by atoms with E-state index >= 15 is 0 Å². The Labute approximate surface area is 190 Å². The summed E-state index contributed by atoms with van der Waals surface area (Å²) in [5, 5.41) is 4.74. The summed E-state index contributed by atoms with van der Waals surface area (Å²) >= 11 is 9.06. The molecule has 0 radical (unpaired) electrons. The van der Waals surface area contributed by atoms with E-state index in [1.54, 1.807) is 16.2 Å². The van der Waals surface area contributed by atoms with Gasteiger partial charge in [0, 0.05) is 43.3 Å². The smallest absolute Gasteiger partial charge is 0.354 e. The van der Waals surface area contributed by atoms with E-state index in [2.05, 4.69) is 9.97 Å². The molecule has 0 spiro atoms. The van der Waals surface area contributed by atoms with Gasteiger partial charge in [-0.25, -0.2) is 9.97 Å². The van der Waals surface area contributed by atoms with Crippen LogP contribution in [0.15, 0.2) is 29.1 Å². The van der Waals surface area contributed by atoms with Crippen molar-refractivity contribution in [2.24, 2.45) is 0 Å². The zero-order chi connectivity index (χ0) is 22.2. The first-order valence-electron chi connectivity index (χ1n) is 9.51. The number of thiazole rings is 1. The number of pyridine rings is 1. The summed E-state index contributed by atoms with van der Waals surface area (Å²) in [4.78, 5) is 25.8. The van der Waals surface area contributed by atoms with E-state index in [9.17, 15) is 18.0 Å². The molecule has 0 atom stereocenters. The van der Waals surface area contributed by atoms with Crippen LogP contribution in [0.5, 0.6) is 0 Å². The van der Waals surface area contributed by atoms with Crippen LogP contribution in [-0.2, 0) is 6.18 Å². The fourth-order valence-electron chi connectivity index (χ4n) is 3.40. The summed E-state index contributed by atoms with van der Waals surface area (Å²) in [7, 11) is 0. The van der Waals surface area contributed by atoms with Crippen molar-refractivity contribution in [2.75, 3.05) is 31.1 Å². The van der Waals surface area contributed by atoms with Gasteiger partial charge in [0.15, 0.2) is 0 Å². The molecule has 0 bridgehead atoms. The minimum atomic E-state index is -4.49. The lowest BCUT2D eigenvalue weighted by molar-refractivity contribution is -0.137. The molecule has 1 amide bonds. The van der Waals surface area contributed by atoms with Gasteiger partial charge in [0.25, 0.3) is 5.91 Å². The lowest BCUT2D eigenvalue weighted by Crippen LogP contribution is -2.35. The van der Waals surface area contributed by atoms with Crippen molar-refractivity contribution in [3.8, 4) is 10.6 Å². The van der Waals surface area contributed by atoms with E-state index in [-0.39, 0.29) is 10.9 Å². The average molecular weight is 487 g/mol. The van der Waals surface area contributed by atoms with Gasteiger partial charge < -0.3 is 9.80 Å². The molecule has 0 saturated carbocycles. The number of alkyl halides is 3. The highest BCUT2D eigenvalue weighted by Crippen LogP contribution is 2.34. The number of hydrogen-bond donors (Lipinski definition) is 0. The van der Waals surface area contributed by atoms with Crippen molar-refractivity contribution in [1.29, 1.82) is 0 Å². The molecule has 3 aromatic heterocycles. The van der Waals surface area contributed by atoms with Crippen LogP contribution in [0.3, 0.4) is 0 Å². The summed E-state index contributed by atoms with van der Waals surface area (Å²) in [6.07, 6.45) is -3.05. The zero-order valence-corrected chi connectivity index (χ0v) is 18.8. The number of halogens is 4. The highest BCUT2D eigenvalue weighted by Gasteiger charge is 2.32. The summed E-state index contributed by atoms with van der Waals surface area (Å²) in [6.45, 7) is 3.76. The molecule has 1 saturated heterocycles. The summed E-state index contributed by atoms with van der Waals surface area (Å²) in [5.41, 5.74) is 0.821. The molecule has 5 nitrogen and oxygen atoms in total. The van der Waals surface area contributed by atoms with E-state index in [0.29, 0.717) is 49.0 Å². The Bertz CT molecular complexity index is 1080. The van der Waals surface area contributed by atoms with Crippen molar-refractivity contribution in [3.63, 3.8) is 0 Å². The quantitative estimate of drug-likeness (QED) is 0.483. The molecule has 11 heteroatoms. The molecular weight excluding hydrogens is 469 g/mol. The minimum Gasteiger partial charge on any atom is -0.354 e. The number of rotatable bonds is 3. The lowest BCUT2D eigenvalue weighted by Gasteiger charge is -2.24. The number of carbonyl (C=O) groups excluding carboxylic acids is 1. The van der Waals surface area contributed by atoms with Crippen LogP contribution in [0.25, 0.3) is 10.6 Å². The first kappa shape index (κ1) is 22.0. The van der Waals surface area contributed by atoms with Gasteiger partial charge in [0.05, 0.1) is 16.3 Å². The standard InChI is InChI=1S/C20H18ClF3N4OS2/c1-12-16(31-18(26-12)13-3-8-30-11-13)19(29)28-5-2-4-27(6-7-28)17-15(21)9-14(10-25-17)20(22,23)24/h3,8-11H,2,4-7H2,1H3. The maximum atomic E-state index is 13.1. The highest BCUT2D eigenvalue weighted by molar-refractivity contribution is 7.17. The van der Waals surface area contributed by atoms with Crippen LogP contribution in [0.1, 0.15) is 27.3 Å². The van der Waals surface area contributed by atoms with Gasteiger partial charge in [-0.05, 0) is 30.9 Å². The molecule has 0 aromatic carbocycles. The summed E-state index contributed by atoms with van der Waals surface area (Å²) in [6, 6.07) is 2.87. The second kappa shape index (κ2) is 8.76. The van der Waals surface area contributed by atoms with Crippen molar-refractivity contribution < 1.29 is 18.0 Å². The number of hydrogen-bond acceptors (Lipinski definition) is 6. The number of anilines is 1. The third-order valence-electron chi connectivity index (χ3n) is 4.99. The van der Waals surface area contributed by atoms with Crippen LogP contribution in [0, 0.1) is 6.92 Å². The predicted molar refractivity (Wildman–Crippen MR) is 117 cm³/mol.